The zero-order chi connectivity index (χ0) is 17.7. The normalized spacial score (nSPS) is 22.6. The van der Waals surface area contributed by atoms with Crippen LogP contribution in [0.4, 0.5) is 21.5 Å². The van der Waals surface area contributed by atoms with Crippen LogP contribution in [0, 0.1) is 5.82 Å². The second-order valence-electron chi connectivity index (χ2n) is 6.22. The van der Waals surface area contributed by atoms with E-state index in [2.05, 4.69) is 21.1 Å². The fourth-order valence-corrected chi connectivity index (χ4v) is 3.23. The van der Waals surface area contributed by atoms with Crippen LogP contribution in [0.25, 0.3) is 0 Å². The van der Waals surface area contributed by atoms with Crippen molar-refractivity contribution in [2.75, 3.05) is 22.3 Å². The molecular weight excluding hydrogens is 337 g/mol. The van der Waals surface area contributed by atoms with E-state index in [4.69, 9.17) is 9.57 Å². The number of aliphatic imine (C=N–C) groups is 1. The van der Waals surface area contributed by atoms with Gasteiger partial charge in [0.2, 0.25) is 0 Å². The number of halogens is 1. The summed E-state index contributed by atoms with van der Waals surface area (Å²) in [5.74, 6) is -0.0262. The number of benzene rings is 2. The van der Waals surface area contributed by atoms with Crippen LogP contribution >= 0.6 is 0 Å². The van der Waals surface area contributed by atoms with Gasteiger partial charge < -0.3 is 15.4 Å². The highest BCUT2D eigenvalue weighted by Crippen LogP contribution is 2.41. The summed E-state index contributed by atoms with van der Waals surface area (Å²) < 4.78 is 19.1. The fraction of sp³-hybridized carbons (Fsp3) is 0.167. The summed E-state index contributed by atoms with van der Waals surface area (Å²) in [7, 11) is 0. The molecule has 0 amide bonds. The number of hydroxylamine groups is 1. The Morgan fingerprint density at radius 3 is 3.08 bits per heavy atom. The minimum atomic E-state index is -1.25. The van der Waals surface area contributed by atoms with Gasteiger partial charge in [-0.25, -0.2) is 19.7 Å². The van der Waals surface area contributed by atoms with E-state index < -0.39 is 5.97 Å². The summed E-state index contributed by atoms with van der Waals surface area (Å²) in [6.45, 7) is 2.38. The third kappa shape index (κ3) is 2.19. The van der Waals surface area contributed by atoms with Gasteiger partial charge >= 0.3 is 5.97 Å². The molecule has 1 atom stereocenters. The smallest absolute Gasteiger partial charge is 0.351 e. The lowest BCUT2D eigenvalue weighted by atomic mass is 10.2. The SMILES string of the molecule is CC1=C2NOC(Nc3cccc(F)c3)(N=C1)N2c1ccc2c(c1)NCO2. The highest BCUT2D eigenvalue weighted by Gasteiger charge is 2.49. The molecule has 0 aromatic heterocycles. The molecule has 0 spiro atoms. The van der Waals surface area contributed by atoms with E-state index >= 15 is 0 Å². The third-order valence-corrected chi connectivity index (χ3v) is 4.47. The van der Waals surface area contributed by atoms with Gasteiger partial charge in [0.25, 0.3) is 0 Å². The van der Waals surface area contributed by atoms with Crippen molar-refractivity contribution in [2.45, 2.75) is 12.9 Å². The molecule has 0 aliphatic carbocycles. The van der Waals surface area contributed by atoms with E-state index in [1.54, 1.807) is 18.3 Å². The topological polar surface area (TPSA) is 70.2 Å². The molecule has 3 aliphatic rings. The third-order valence-electron chi connectivity index (χ3n) is 4.47. The van der Waals surface area contributed by atoms with Gasteiger partial charge in [0.05, 0.1) is 11.4 Å². The Hall–Kier alpha value is -3.26. The highest BCUT2D eigenvalue weighted by atomic mass is 19.1. The van der Waals surface area contributed by atoms with Crippen molar-refractivity contribution in [1.82, 2.24) is 5.48 Å². The number of fused-ring (bicyclic) bond motifs is 3. The van der Waals surface area contributed by atoms with Gasteiger partial charge in [-0.2, -0.15) is 0 Å². The summed E-state index contributed by atoms with van der Waals surface area (Å²) in [4.78, 5) is 12.2. The van der Waals surface area contributed by atoms with Crippen LogP contribution in [-0.4, -0.2) is 18.9 Å². The van der Waals surface area contributed by atoms with Crippen LogP contribution < -0.4 is 25.8 Å². The molecule has 0 saturated carbocycles. The summed E-state index contributed by atoms with van der Waals surface area (Å²) in [5.41, 5.74) is 6.15. The Bertz CT molecular complexity index is 960. The molecule has 1 unspecified atom stereocenters. The Balaban J connectivity index is 1.58. The Kier molecular flexibility index (Phi) is 3.10. The molecule has 0 radical (unpaired) electrons. The summed E-state index contributed by atoms with van der Waals surface area (Å²) in [6, 6.07) is 12.0. The largest absolute Gasteiger partial charge is 0.471 e. The highest BCUT2D eigenvalue weighted by molar-refractivity contribution is 5.84. The van der Waals surface area contributed by atoms with Gasteiger partial charge in [-0.15, -0.1) is 0 Å². The molecule has 7 nitrogen and oxygen atoms in total. The van der Waals surface area contributed by atoms with Crippen molar-refractivity contribution in [3.8, 4) is 5.75 Å². The number of hydrogen-bond acceptors (Lipinski definition) is 7. The lowest BCUT2D eigenvalue weighted by Gasteiger charge is -2.36. The van der Waals surface area contributed by atoms with Gasteiger partial charge in [-0.1, -0.05) is 6.07 Å². The van der Waals surface area contributed by atoms with E-state index in [0.29, 0.717) is 12.4 Å². The van der Waals surface area contributed by atoms with E-state index in [-0.39, 0.29) is 5.82 Å². The fourth-order valence-electron chi connectivity index (χ4n) is 3.23. The van der Waals surface area contributed by atoms with Crippen molar-refractivity contribution in [3.63, 3.8) is 0 Å². The molecule has 1 saturated heterocycles. The standard InChI is InChI=1S/C18H16FN5O2/c1-11-9-21-18(22-13-4-2-3-12(19)7-13)24(17(11)23-26-18)14-5-6-16-15(8-14)20-10-25-16/h2-9,20,22-23H,10H2,1H3. The van der Waals surface area contributed by atoms with Crippen LogP contribution in [0.5, 0.6) is 5.75 Å². The number of hydrogen-bond donors (Lipinski definition) is 3. The molecule has 3 N–H and O–H groups in total. The van der Waals surface area contributed by atoms with E-state index in [1.165, 1.54) is 12.1 Å². The predicted octanol–water partition coefficient (Wildman–Crippen LogP) is 2.97. The average Bonchev–Trinajstić information content (AvgIpc) is 3.20. The van der Waals surface area contributed by atoms with Crippen LogP contribution in [0.1, 0.15) is 6.92 Å². The van der Waals surface area contributed by atoms with Crippen LogP contribution in [-0.2, 0) is 4.84 Å². The van der Waals surface area contributed by atoms with Crippen molar-refractivity contribution in [3.05, 3.63) is 59.7 Å². The maximum absolute atomic E-state index is 13.6. The summed E-state index contributed by atoms with van der Waals surface area (Å²) in [5, 5.41) is 6.36. The van der Waals surface area contributed by atoms with Gasteiger partial charge in [0.1, 0.15) is 17.4 Å². The second kappa shape index (κ2) is 5.37. The lowest BCUT2D eigenvalue weighted by Crippen LogP contribution is -2.51. The van der Waals surface area contributed by atoms with Crippen molar-refractivity contribution in [1.29, 1.82) is 0 Å². The van der Waals surface area contributed by atoms with Crippen LogP contribution in [0.2, 0.25) is 0 Å². The molecule has 5 rings (SSSR count). The first kappa shape index (κ1) is 15.0. The predicted molar refractivity (Wildman–Crippen MR) is 96.2 cm³/mol. The Labute approximate surface area is 149 Å². The van der Waals surface area contributed by atoms with Gasteiger partial charge in [0, 0.05) is 17.5 Å². The average molecular weight is 353 g/mol. The zero-order valence-corrected chi connectivity index (χ0v) is 13.9. The first-order chi connectivity index (χ1) is 12.6. The first-order valence-corrected chi connectivity index (χ1v) is 8.19. The first-order valence-electron chi connectivity index (χ1n) is 8.19. The molecular formula is C18H16FN5O2. The molecule has 1 fully saturated rings. The molecule has 3 heterocycles. The van der Waals surface area contributed by atoms with Crippen LogP contribution in [0.15, 0.2) is 58.9 Å². The number of rotatable bonds is 3. The molecule has 2 aromatic rings. The molecule has 132 valence electrons. The van der Waals surface area contributed by atoms with E-state index in [0.717, 1.165) is 28.5 Å². The second-order valence-corrected chi connectivity index (χ2v) is 6.22. The summed E-state index contributed by atoms with van der Waals surface area (Å²) >= 11 is 0. The quantitative estimate of drug-likeness (QED) is 0.788. The molecule has 26 heavy (non-hydrogen) atoms. The van der Waals surface area contributed by atoms with Gasteiger partial charge in [-0.3, -0.25) is 4.90 Å². The Morgan fingerprint density at radius 2 is 2.19 bits per heavy atom. The minimum absolute atomic E-state index is 0.338. The van der Waals surface area contributed by atoms with Crippen molar-refractivity contribution < 1.29 is 14.0 Å². The van der Waals surface area contributed by atoms with Gasteiger partial charge in [0.15, 0.2) is 6.73 Å². The van der Waals surface area contributed by atoms with Crippen LogP contribution in [0.3, 0.4) is 0 Å². The lowest BCUT2D eigenvalue weighted by molar-refractivity contribution is -0.0214. The number of ether oxygens (including phenoxy) is 1. The maximum Gasteiger partial charge on any atom is 0.351 e. The van der Waals surface area contributed by atoms with E-state index in [9.17, 15) is 4.39 Å². The molecule has 3 aliphatic heterocycles. The number of nitrogens with zero attached hydrogens (tertiary/aromatic N) is 2. The monoisotopic (exact) mass is 353 g/mol. The maximum atomic E-state index is 13.6. The van der Waals surface area contributed by atoms with Crippen molar-refractivity contribution in [2.24, 2.45) is 4.99 Å². The zero-order valence-electron chi connectivity index (χ0n) is 13.9. The van der Waals surface area contributed by atoms with Gasteiger partial charge in [-0.05, 0) is 43.3 Å². The molecule has 2 bridgehead atoms. The number of nitrogens with one attached hydrogen (secondary N) is 3. The minimum Gasteiger partial charge on any atom is -0.471 e. The van der Waals surface area contributed by atoms with Crippen molar-refractivity contribution >= 4 is 23.3 Å². The molecule has 8 heteroatoms. The summed E-state index contributed by atoms with van der Waals surface area (Å²) in [6.07, 6.45) is 1.73. The number of anilines is 3. The van der Waals surface area contributed by atoms with E-state index in [1.807, 2.05) is 30.0 Å². The Morgan fingerprint density at radius 1 is 1.27 bits per heavy atom. The molecule has 2 aromatic carbocycles. The number of allylic oxidation sites excluding steroid dienone is 1.